The fourth-order valence-corrected chi connectivity index (χ4v) is 2.98. The standard InChI is InChI=1S/C21H25N3/c1-15-4-7-20-18(12-15)19-14-23(3)10-9-21(19)24(20)11-8-17-6-5-16(2)22-13-17/h4-7,12-13H,8-11,14H2,1-3H3/i1D3,2D3,9D2,10D2,14D2. The summed E-state index contributed by atoms with van der Waals surface area (Å²) in [5.74, 6) is 0. The van der Waals surface area contributed by atoms with Crippen molar-refractivity contribution in [2.45, 2.75) is 39.5 Å². The SMILES string of the molecule is [2H]C([2H])([2H])c1ccc2c(c1)c1c(n2CCc2ccc(C([2H])([2H])[2H])nc2)C([2H])([2H])C([2H])([2H])N(C)C1([2H])[2H]. The number of rotatable bonds is 3. The van der Waals surface area contributed by atoms with Crippen LogP contribution in [0, 0.1) is 13.7 Å². The molecule has 0 saturated heterocycles. The molecule has 0 bridgehead atoms. The van der Waals surface area contributed by atoms with E-state index in [9.17, 15) is 0 Å². The first-order valence-corrected chi connectivity index (χ1v) is 7.68. The lowest BCUT2D eigenvalue weighted by Crippen LogP contribution is -2.27. The molecule has 0 spiro atoms. The predicted octanol–water partition coefficient (Wildman–Crippen LogP) is 3.88. The van der Waals surface area contributed by atoms with Gasteiger partial charge in [-0.15, -0.1) is 0 Å². The van der Waals surface area contributed by atoms with Crippen LogP contribution in [0.2, 0.25) is 0 Å². The lowest BCUT2D eigenvalue weighted by molar-refractivity contribution is 0.309. The molecule has 124 valence electrons. The molecule has 1 aliphatic rings. The van der Waals surface area contributed by atoms with E-state index in [-0.39, 0.29) is 40.9 Å². The van der Waals surface area contributed by atoms with Crippen molar-refractivity contribution in [3.8, 4) is 0 Å². The number of pyridine rings is 1. The smallest absolute Gasteiger partial charge is 0.0486 e. The van der Waals surface area contributed by atoms with Crippen molar-refractivity contribution in [2.75, 3.05) is 13.5 Å². The Morgan fingerprint density at radius 3 is 3.00 bits per heavy atom. The second kappa shape index (κ2) is 6.06. The summed E-state index contributed by atoms with van der Waals surface area (Å²) in [4.78, 5) is 4.69. The number of fused-ring (bicyclic) bond motifs is 3. The van der Waals surface area contributed by atoms with E-state index in [2.05, 4.69) is 4.98 Å². The molecule has 0 atom stereocenters. The van der Waals surface area contributed by atoms with Crippen molar-refractivity contribution in [1.82, 2.24) is 14.5 Å². The summed E-state index contributed by atoms with van der Waals surface area (Å²) >= 11 is 0. The fourth-order valence-electron chi connectivity index (χ4n) is 2.98. The van der Waals surface area contributed by atoms with Gasteiger partial charge in [0.1, 0.15) is 0 Å². The van der Waals surface area contributed by atoms with Crippen LogP contribution in [0.4, 0.5) is 0 Å². The third-order valence-corrected chi connectivity index (χ3v) is 4.13. The summed E-state index contributed by atoms with van der Waals surface area (Å²) < 4.78 is 98.9. The highest BCUT2D eigenvalue weighted by Gasteiger charge is 2.22. The molecule has 4 rings (SSSR count). The highest BCUT2D eigenvalue weighted by molar-refractivity contribution is 5.86. The number of aromatic nitrogens is 2. The summed E-state index contributed by atoms with van der Waals surface area (Å²) in [5, 5.41) is 0.200. The van der Waals surface area contributed by atoms with Crippen molar-refractivity contribution in [1.29, 1.82) is 0 Å². The van der Waals surface area contributed by atoms with Gasteiger partial charge in [-0.3, -0.25) is 4.98 Å². The van der Waals surface area contributed by atoms with Gasteiger partial charge in [0.05, 0.1) is 0 Å². The first kappa shape index (κ1) is 7.01. The average Bonchev–Trinajstić information content (AvgIpc) is 3.10. The first-order chi connectivity index (χ1) is 16.3. The Bertz CT molecular complexity index is 1300. The van der Waals surface area contributed by atoms with Gasteiger partial charge in [0.25, 0.3) is 0 Å². The molecule has 3 aromatic rings. The molecule has 0 N–H and O–H groups in total. The number of benzene rings is 1. The summed E-state index contributed by atoms with van der Waals surface area (Å²) in [7, 11) is 1.16. The lowest BCUT2D eigenvalue weighted by atomic mass is 10.0. The van der Waals surface area contributed by atoms with Crippen LogP contribution in [-0.2, 0) is 25.8 Å². The van der Waals surface area contributed by atoms with Crippen LogP contribution in [0.5, 0.6) is 0 Å². The number of aryl methyl sites for hydroxylation is 4. The Balaban J connectivity index is 1.92. The summed E-state index contributed by atoms with van der Waals surface area (Å²) in [5.41, 5.74) is 0.624. The summed E-state index contributed by atoms with van der Waals surface area (Å²) in [6.07, 6.45) is -0.970. The Kier molecular flexibility index (Phi) is 1.77. The second-order valence-corrected chi connectivity index (χ2v) is 5.82. The minimum absolute atomic E-state index is 0.0352. The molecule has 3 nitrogen and oxygen atoms in total. The van der Waals surface area contributed by atoms with Crippen LogP contribution >= 0.6 is 0 Å². The Morgan fingerprint density at radius 1 is 1.25 bits per heavy atom. The monoisotopic (exact) mass is 331 g/mol. The third kappa shape index (κ3) is 2.73. The third-order valence-electron chi connectivity index (χ3n) is 4.13. The van der Waals surface area contributed by atoms with E-state index in [4.69, 9.17) is 16.4 Å². The summed E-state index contributed by atoms with van der Waals surface area (Å²) in [6, 6.07) is 7.19. The summed E-state index contributed by atoms with van der Waals surface area (Å²) in [6.45, 7) is -9.88. The maximum Gasteiger partial charge on any atom is 0.0486 e. The zero-order chi connectivity index (χ0) is 27.1. The molecular weight excluding hydrogens is 294 g/mol. The van der Waals surface area contributed by atoms with Crippen LogP contribution in [-0.4, -0.2) is 28.0 Å². The van der Waals surface area contributed by atoms with Gasteiger partial charge in [0, 0.05) is 70.8 Å². The van der Waals surface area contributed by atoms with E-state index >= 15 is 0 Å². The Labute approximate surface area is 160 Å². The van der Waals surface area contributed by atoms with Crippen molar-refractivity contribution >= 4 is 10.9 Å². The van der Waals surface area contributed by atoms with Gasteiger partial charge in [-0.1, -0.05) is 17.7 Å². The zero-order valence-corrected chi connectivity index (χ0v) is 13.2. The molecule has 1 aliphatic heterocycles. The molecule has 3 heterocycles. The molecule has 2 aromatic heterocycles. The second-order valence-electron chi connectivity index (χ2n) is 5.82. The van der Waals surface area contributed by atoms with Gasteiger partial charge in [-0.05, 0) is 56.5 Å². The van der Waals surface area contributed by atoms with Gasteiger partial charge in [-0.25, -0.2) is 0 Å². The molecule has 0 radical (unpaired) electrons. The molecule has 0 fully saturated rings. The predicted molar refractivity (Wildman–Crippen MR) is 99.4 cm³/mol. The van der Waals surface area contributed by atoms with Gasteiger partial charge in [0.15, 0.2) is 0 Å². The highest BCUT2D eigenvalue weighted by atomic mass is 15.1. The van der Waals surface area contributed by atoms with Crippen molar-refractivity contribution < 1.29 is 16.4 Å². The topological polar surface area (TPSA) is 21.1 Å². The van der Waals surface area contributed by atoms with Gasteiger partial charge in [0.2, 0.25) is 0 Å². The van der Waals surface area contributed by atoms with Crippen molar-refractivity contribution in [2.24, 2.45) is 0 Å². The van der Waals surface area contributed by atoms with E-state index < -0.39 is 33.1 Å². The molecule has 0 unspecified atom stereocenters. The van der Waals surface area contributed by atoms with E-state index in [0.717, 1.165) is 7.05 Å². The highest BCUT2D eigenvalue weighted by Crippen LogP contribution is 2.31. The maximum absolute atomic E-state index is 8.72. The minimum atomic E-state index is -2.72. The number of nitrogens with zero attached hydrogens (tertiary/aromatic N) is 3. The first-order valence-electron chi connectivity index (χ1n) is 13.7. The van der Waals surface area contributed by atoms with Crippen LogP contribution in [0.15, 0.2) is 36.5 Å². The molecule has 0 aliphatic carbocycles. The maximum atomic E-state index is 8.72. The normalized spacial score (nSPS) is 29.7. The van der Waals surface area contributed by atoms with Crippen LogP contribution < -0.4 is 0 Å². The molecule has 0 saturated carbocycles. The van der Waals surface area contributed by atoms with Gasteiger partial charge >= 0.3 is 0 Å². The Morgan fingerprint density at radius 2 is 2.21 bits per heavy atom. The van der Waals surface area contributed by atoms with Crippen LogP contribution in [0.3, 0.4) is 0 Å². The Hall–Kier alpha value is -2.13. The molecule has 3 heteroatoms. The van der Waals surface area contributed by atoms with Crippen LogP contribution in [0.1, 0.15) is 44.5 Å². The molecule has 24 heavy (non-hydrogen) atoms. The number of hydrogen-bond acceptors (Lipinski definition) is 2. The fraction of sp³-hybridized carbons (Fsp3) is 0.381. The zero-order valence-electron chi connectivity index (χ0n) is 25.2. The van der Waals surface area contributed by atoms with E-state index in [0.29, 0.717) is 16.0 Å². The largest absolute Gasteiger partial charge is 0.344 e. The quantitative estimate of drug-likeness (QED) is 0.726. The van der Waals surface area contributed by atoms with Crippen molar-refractivity contribution in [3.63, 3.8) is 0 Å². The number of hydrogen-bond donors (Lipinski definition) is 0. The van der Waals surface area contributed by atoms with E-state index in [1.54, 1.807) is 6.07 Å². The molecular formula is C21H25N3. The van der Waals surface area contributed by atoms with Crippen molar-refractivity contribution in [3.05, 3.63) is 64.6 Å². The average molecular weight is 332 g/mol. The molecule has 1 aromatic carbocycles. The minimum Gasteiger partial charge on any atom is -0.344 e. The van der Waals surface area contributed by atoms with E-state index in [1.807, 2.05) is 0 Å². The number of likely N-dealkylation sites (N-methyl/N-ethyl adjacent to an activating group) is 1. The van der Waals surface area contributed by atoms with E-state index in [1.165, 1.54) is 35.0 Å². The van der Waals surface area contributed by atoms with Gasteiger partial charge < -0.3 is 9.47 Å². The lowest BCUT2D eigenvalue weighted by Gasteiger charge is -2.24. The van der Waals surface area contributed by atoms with Crippen LogP contribution in [0.25, 0.3) is 10.9 Å². The van der Waals surface area contributed by atoms with Gasteiger partial charge in [-0.2, -0.15) is 0 Å². The molecule has 0 amide bonds.